The zero-order valence-corrected chi connectivity index (χ0v) is 9.47. The van der Waals surface area contributed by atoms with Crippen LogP contribution in [0.25, 0.3) is 0 Å². The van der Waals surface area contributed by atoms with Gasteiger partial charge in [0, 0.05) is 17.6 Å². The largest absolute Gasteiger partial charge is 0.340 e. The maximum Gasteiger partial charge on any atom is 0.165 e. The van der Waals surface area contributed by atoms with Gasteiger partial charge in [0.15, 0.2) is 5.16 Å². The van der Waals surface area contributed by atoms with Gasteiger partial charge < -0.3 is 10.3 Å². The summed E-state index contributed by atoms with van der Waals surface area (Å²) in [6.45, 7) is 0. The molecule has 0 aromatic carbocycles. The second-order valence-corrected chi connectivity index (χ2v) is 5.11. The third-order valence-corrected chi connectivity index (χ3v) is 4.10. The minimum absolute atomic E-state index is 0.315. The van der Waals surface area contributed by atoms with E-state index in [2.05, 4.69) is 21.4 Å². The van der Waals surface area contributed by atoms with Gasteiger partial charge in [0.1, 0.15) is 5.54 Å². The molecular formula is C10H14N4S. The zero-order chi connectivity index (χ0) is 10.7. The molecule has 0 radical (unpaired) electrons. The number of aromatic amines is 1. The molecule has 1 fully saturated rings. The van der Waals surface area contributed by atoms with E-state index in [0.29, 0.717) is 5.25 Å². The Kier molecular flexibility index (Phi) is 2.98. The monoisotopic (exact) mass is 222 g/mol. The fraction of sp³-hybridized carbons (Fsp3) is 0.600. The van der Waals surface area contributed by atoms with Gasteiger partial charge in [0.2, 0.25) is 0 Å². The number of nitrogens with one attached hydrogen (secondary N) is 2. The number of imidazole rings is 1. The summed E-state index contributed by atoms with van der Waals surface area (Å²) in [6.07, 6.45) is 6.48. The van der Waals surface area contributed by atoms with E-state index in [1.165, 1.54) is 0 Å². The first-order valence-electron chi connectivity index (χ1n) is 5.04. The highest BCUT2D eigenvalue weighted by Crippen LogP contribution is 2.38. The lowest BCUT2D eigenvalue weighted by Crippen LogP contribution is -2.38. The van der Waals surface area contributed by atoms with Gasteiger partial charge in [-0.05, 0) is 26.3 Å². The maximum absolute atomic E-state index is 9.12. The van der Waals surface area contributed by atoms with E-state index in [0.717, 1.165) is 24.4 Å². The second kappa shape index (κ2) is 4.25. The van der Waals surface area contributed by atoms with Crippen LogP contribution in [-0.4, -0.2) is 27.8 Å². The average Bonchev–Trinajstić information content (AvgIpc) is 2.89. The lowest BCUT2D eigenvalue weighted by Gasteiger charge is -2.19. The second-order valence-electron chi connectivity index (χ2n) is 3.82. The normalized spacial score (nSPS) is 30.3. The first kappa shape index (κ1) is 10.5. The van der Waals surface area contributed by atoms with E-state index in [1.807, 2.05) is 13.2 Å². The van der Waals surface area contributed by atoms with E-state index in [9.17, 15) is 0 Å². The van der Waals surface area contributed by atoms with Crippen LogP contribution in [0.3, 0.4) is 0 Å². The number of hydrogen-bond donors (Lipinski definition) is 2. The van der Waals surface area contributed by atoms with Crippen LogP contribution >= 0.6 is 11.8 Å². The molecule has 1 aliphatic rings. The minimum atomic E-state index is -0.315. The summed E-state index contributed by atoms with van der Waals surface area (Å²) in [5.41, 5.74) is -0.315. The molecule has 1 heterocycles. The van der Waals surface area contributed by atoms with Gasteiger partial charge in [-0.3, -0.25) is 0 Å². The predicted molar refractivity (Wildman–Crippen MR) is 59.5 cm³/mol. The number of thioether (sulfide) groups is 1. The molecule has 80 valence electrons. The molecule has 0 amide bonds. The Morgan fingerprint density at radius 1 is 1.80 bits per heavy atom. The van der Waals surface area contributed by atoms with Crippen molar-refractivity contribution < 1.29 is 0 Å². The smallest absolute Gasteiger partial charge is 0.165 e. The molecule has 5 heteroatoms. The minimum Gasteiger partial charge on any atom is -0.340 e. The Hall–Kier alpha value is -0.990. The van der Waals surface area contributed by atoms with Crippen LogP contribution in [0.1, 0.15) is 19.3 Å². The predicted octanol–water partition coefficient (Wildman–Crippen LogP) is 1.54. The molecule has 1 aliphatic carbocycles. The SMILES string of the molecule is CNC1(C#N)CCC(Sc2ncc[nH]2)C1. The molecule has 2 atom stereocenters. The van der Waals surface area contributed by atoms with Crippen LogP contribution in [0.5, 0.6) is 0 Å². The van der Waals surface area contributed by atoms with Gasteiger partial charge in [-0.25, -0.2) is 4.98 Å². The molecule has 15 heavy (non-hydrogen) atoms. The summed E-state index contributed by atoms with van der Waals surface area (Å²) >= 11 is 1.73. The van der Waals surface area contributed by atoms with Gasteiger partial charge in [0.25, 0.3) is 0 Å². The highest BCUT2D eigenvalue weighted by atomic mass is 32.2. The molecule has 0 bridgehead atoms. The molecule has 4 nitrogen and oxygen atoms in total. The van der Waals surface area contributed by atoms with E-state index < -0.39 is 0 Å². The van der Waals surface area contributed by atoms with Crippen molar-refractivity contribution in [3.8, 4) is 6.07 Å². The number of nitrogens with zero attached hydrogens (tertiary/aromatic N) is 2. The van der Waals surface area contributed by atoms with Crippen LogP contribution < -0.4 is 5.32 Å². The van der Waals surface area contributed by atoms with E-state index in [4.69, 9.17) is 5.26 Å². The fourth-order valence-electron chi connectivity index (χ4n) is 1.96. The van der Waals surface area contributed by atoms with Gasteiger partial charge in [-0.2, -0.15) is 5.26 Å². The van der Waals surface area contributed by atoms with Crippen molar-refractivity contribution in [1.82, 2.24) is 15.3 Å². The summed E-state index contributed by atoms with van der Waals surface area (Å²) < 4.78 is 0. The third kappa shape index (κ3) is 2.16. The molecule has 1 saturated carbocycles. The highest BCUT2D eigenvalue weighted by molar-refractivity contribution is 7.99. The summed E-state index contributed by atoms with van der Waals surface area (Å²) in [5.74, 6) is 0. The van der Waals surface area contributed by atoms with Crippen LogP contribution in [0.4, 0.5) is 0 Å². The van der Waals surface area contributed by atoms with Gasteiger partial charge >= 0.3 is 0 Å². The van der Waals surface area contributed by atoms with E-state index >= 15 is 0 Å². The average molecular weight is 222 g/mol. The quantitative estimate of drug-likeness (QED) is 0.814. The number of H-pyrrole nitrogens is 1. The van der Waals surface area contributed by atoms with Crippen molar-refractivity contribution in [1.29, 1.82) is 5.26 Å². The van der Waals surface area contributed by atoms with Crippen molar-refractivity contribution in [2.24, 2.45) is 0 Å². The van der Waals surface area contributed by atoms with Gasteiger partial charge in [-0.1, -0.05) is 11.8 Å². The molecule has 2 rings (SSSR count). The van der Waals surface area contributed by atoms with Crippen molar-refractivity contribution in [3.63, 3.8) is 0 Å². The first-order valence-corrected chi connectivity index (χ1v) is 5.92. The number of rotatable bonds is 3. The van der Waals surface area contributed by atoms with Gasteiger partial charge in [-0.15, -0.1) is 0 Å². The Morgan fingerprint density at radius 2 is 2.67 bits per heavy atom. The van der Waals surface area contributed by atoms with Crippen molar-refractivity contribution >= 4 is 11.8 Å². The lowest BCUT2D eigenvalue weighted by atomic mass is 10.0. The number of hydrogen-bond acceptors (Lipinski definition) is 4. The number of aromatic nitrogens is 2. The topological polar surface area (TPSA) is 64.5 Å². The van der Waals surface area contributed by atoms with Crippen LogP contribution in [0, 0.1) is 11.3 Å². The summed E-state index contributed by atoms with van der Waals surface area (Å²) in [4.78, 5) is 7.26. The molecule has 1 aromatic rings. The Morgan fingerprint density at radius 3 is 3.20 bits per heavy atom. The van der Waals surface area contributed by atoms with E-state index in [-0.39, 0.29) is 5.54 Å². The Labute approximate surface area is 93.5 Å². The summed E-state index contributed by atoms with van der Waals surface area (Å²) in [5, 5.41) is 13.7. The Bertz CT molecular complexity index is 356. The molecular weight excluding hydrogens is 208 g/mol. The lowest BCUT2D eigenvalue weighted by molar-refractivity contribution is 0.464. The molecule has 0 aliphatic heterocycles. The molecule has 2 unspecified atom stereocenters. The summed E-state index contributed by atoms with van der Waals surface area (Å²) in [7, 11) is 1.86. The van der Waals surface area contributed by atoms with Crippen LogP contribution in [-0.2, 0) is 0 Å². The number of nitriles is 1. The molecule has 1 aromatic heterocycles. The highest BCUT2D eigenvalue weighted by Gasteiger charge is 2.38. The Balaban J connectivity index is 1.96. The van der Waals surface area contributed by atoms with Crippen molar-refractivity contribution in [2.75, 3.05) is 7.05 Å². The van der Waals surface area contributed by atoms with Crippen molar-refractivity contribution in [3.05, 3.63) is 12.4 Å². The summed E-state index contributed by atoms with van der Waals surface area (Å²) in [6, 6.07) is 2.38. The third-order valence-electron chi connectivity index (χ3n) is 2.91. The maximum atomic E-state index is 9.12. The standard InChI is InChI=1S/C10H14N4S/c1-12-10(7-11)3-2-8(6-10)15-9-13-4-5-14-9/h4-5,8,12H,2-3,6H2,1H3,(H,13,14). The molecule has 0 saturated heterocycles. The first-order chi connectivity index (χ1) is 7.28. The van der Waals surface area contributed by atoms with Crippen LogP contribution in [0.2, 0.25) is 0 Å². The fourth-order valence-corrected chi connectivity index (χ4v) is 3.14. The van der Waals surface area contributed by atoms with E-state index in [1.54, 1.807) is 18.0 Å². The van der Waals surface area contributed by atoms with Crippen molar-refractivity contribution in [2.45, 2.75) is 35.2 Å². The van der Waals surface area contributed by atoms with Gasteiger partial charge in [0.05, 0.1) is 6.07 Å². The zero-order valence-electron chi connectivity index (χ0n) is 8.66. The molecule has 0 spiro atoms. The molecule has 2 N–H and O–H groups in total. The van der Waals surface area contributed by atoms with Crippen LogP contribution in [0.15, 0.2) is 17.6 Å².